The predicted octanol–water partition coefficient (Wildman–Crippen LogP) is 3.51. The Morgan fingerprint density at radius 2 is 1.66 bits per heavy atom. The normalized spacial score (nSPS) is 14.0. The molecule has 158 valence electrons. The molecule has 6 nitrogen and oxygen atoms in total. The minimum absolute atomic E-state index is 0.0127. The van der Waals surface area contributed by atoms with E-state index in [-0.39, 0.29) is 24.5 Å². The van der Waals surface area contributed by atoms with E-state index in [1.807, 2.05) is 30.3 Å². The van der Waals surface area contributed by atoms with Gasteiger partial charge in [0.25, 0.3) is 0 Å². The smallest absolute Gasteiger partial charge is 0.161 e. The first-order valence-corrected chi connectivity index (χ1v) is 9.92. The zero-order valence-corrected chi connectivity index (χ0v) is 17.7. The third kappa shape index (κ3) is 4.77. The number of nitrogens with zero attached hydrogens (tertiary/aromatic N) is 1. The number of hydrogen-bond acceptors (Lipinski definition) is 6. The molecule has 0 bridgehead atoms. The molecule has 3 rings (SSSR count). The molecule has 0 saturated carbocycles. The SMILES string of the molecule is COc1cc2c(cc1O)CN(C(C)(C)CCc1ccc(OCCO)c(OC)c1)C2. The first-order chi connectivity index (χ1) is 13.9. The van der Waals surface area contributed by atoms with Crippen LogP contribution in [0.3, 0.4) is 0 Å². The molecule has 0 amide bonds. The highest BCUT2D eigenvalue weighted by molar-refractivity contribution is 5.48. The second-order valence-electron chi connectivity index (χ2n) is 8.02. The van der Waals surface area contributed by atoms with E-state index in [0.29, 0.717) is 17.2 Å². The molecule has 0 spiro atoms. The van der Waals surface area contributed by atoms with Gasteiger partial charge in [0.15, 0.2) is 23.0 Å². The summed E-state index contributed by atoms with van der Waals surface area (Å²) in [5.41, 5.74) is 3.53. The number of hydrogen-bond donors (Lipinski definition) is 2. The summed E-state index contributed by atoms with van der Waals surface area (Å²) in [6.07, 6.45) is 1.88. The van der Waals surface area contributed by atoms with Crippen molar-refractivity contribution in [2.75, 3.05) is 27.4 Å². The third-order valence-electron chi connectivity index (χ3n) is 5.68. The highest BCUT2D eigenvalue weighted by Crippen LogP contribution is 2.38. The van der Waals surface area contributed by atoms with Crippen LogP contribution in [0.4, 0.5) is 0 Å². The second-order valence-corrected chi connectivity index (χ2v) is 8.02. The molecule has 0 atom stereocenters. The van der Waals surface area contributed by atoms with Gasteiger partial charge in [0.05, 0.1) is 20.8 Å². The summed E-state index contributed by atoms with van der Waals surface area (Å²) in [5, 5.41) is 19.0. The Morgan fingerprint density at radius 1 is 0.966 bits per heavy atom. The lowest BCUT2D eigenvalue weighted by molar-refractivity contribution is 0.109. The van der Waals surface area contributed by atoms with Gasteiger partial charge in [-0.05, 0) is 67.6 Å². The molecule has 6 heteroatoms. The van der Waals surface area contributed by atoms with Crippen LogP contribution in [0.15, 0.2) is 30.3 Å². The summed E-state index contributed by atoms with van der Waals surface area (Å²) in [7, 11) is 3.20. The Bertz CT molecular complexity index is 849. The number of phenolic OH excluding ortho intramolecular Hbond substituents is 1. The molecule has 2 aromatic rings. The lowest BCUT2D eigenvalue weighted by Crippen LogP contribution is -2.40. The first-order valence-electron chi connectivity index (χ1n) is 9.92. The summed E-state index contributed by atoms with van der Waals surface area (Å²) in [6.45, 7) is 6.39. The molecule has 1 aliphatic rings. The second kappa shape index (κ2) is 8.93. The van der Waals surface area contributed by atoms with Crippen LogP contribution in [0.2, 0.25) is 0 Å². The molecular formula is C23H31NO5. The van der Waals surface area contributed by atoms with Crippen LogP contribution in [0.1, 0.15) is 37.0 Å². The van der Waals surface area contributed by atoms with Gasteiger partial charge >= 0.3 is 0 Å². The van der Waals surface area contributed by atoms with Gasteiger partial charge in [-0.25, -0.2) is 0 Å². The fraction of sp³-hybridized carbons (Fsp3) is 0.478. The molecule has 0 aliphatic carbocycles. The largest absolute Gasteiger partial charge is 0.504 e. The summed E-state index contributed by atoms with van der Waals surface area (Å²) >= 11 is 0. The van der Waals surface area contributed by atoms with Crippen LogP contribution < -0.4 is 14.2 Å². The fourth-order valence-corrected chi connectivity index (χ4v) is 3.76. The number of phenols is 1. The lowest BCUT2D eigenvalue weighted by atomic mass is 9.93. The molecule has 0 unspecified atom stereocenters. The van der Waals surface area contributed by atoms with Crippen molar-refractivity contribution in [3.8, 4) is 23.0 Å². The average molecular weight is 402 g/mol. The minimum atomic E-state index is -0.0268. The molecule has 2 N–H and O–H groups in total. The molecule has 29 heavy (non-hydrogen) atoms. The van der Waals surface area contributed by atoms with E-state index in [0.717, 1.165) is 31.5 Å². The fourth-order valence-electron chi connectivity index (χ4n) is 3.76. The van der Waals surface area contributed by atoms with E-state index in [1.54, 1.807) is 14.2 Å². The van der Waals surface area contributed by atoms with Gasteiger partial charge in [-0.15, -0.1) is 0 Å². The van der Waals surface area contributed by atoms with Gasteiger partial charge in [-0.1, -0.05) is 6.07 Å². The maximum atomic E-state index is 10.1. The Kier molecular flexibility index (Phi) is 6.55. The number of aliphatic hydroxyl groups excluding tert-OH is 1. The van der Waals surface area contributed by atoms with Gasteiger partial charge in [0, 0.05) is 18.6 Å². The van der Waals surface area contributed by atoms with Crippen LogP contribution in [0, 0.1) is 0 Å². The van der Waals surface area contributed by atoms with E-state index < -0.39 is 0 Å². The highest BCUT2D eigenvalue weighted by atomic mass is 16.5. The summed E-state index contributed by atoms with van der Waals surface area (Å²) in [5.74, 6) is 2.05. The molecule has 1 heterocycles. The average Bonchev–Trinajstić information content (AvgIpc) is 3.14. The van der Waals surface area contributed by atoms with Crippen LogP contribution in [0.5, 0.6) is 23.0 Å². The van der Waals surface area contributed by atoms with Crippen molar-refractivity contribution in [3.05, 3.63) is 47.0 Å². The summed E-state index contributed by atoms with van der Waals surface area (Å²) < 4.78 is 16.2. The molecule has 1 aliphatic heterocycles. The Morgan fingerprint density at radius 3 is 2.31 bits per heavy atom. The van der Waals surface area contributed by atoms with Crippen molar-refractivity contribution in [1.29, 1.82) is 0 Å². The van der Waals surface area contributed by atoms with Crippen molar-refractivity contribution in [2.45, 2.75) is 45.3 Å². The molecule has 0 saturated heterocycles. The number of methoxy groups -OCH3 is 2. The molecule has 0 aromatic heterocycles. The molecular weight excluding hydrogens is 370 g/mol. The number of aliphatic hydroxyl groups is 1. The van der Waals surface area contributed by atoms with Crippen molar-refractivity contribution in [1.82, 2.24) is 4.90 Å². The standard InChI is InChI=1S/C23H31NO5/c1-23(2,24-14-17-12-19(26)21(27-3)13-18(17)15-24)8-7-16-5-6-20(29-10-9-25)22(11-16)28-4/h5-6,11-13,25-26H,7-10,14-15H2,1-4H3. The monoisotopic (exact) mass is 401 g/mol. The number of aromatic hydroxyl groups is 1. The van der Waals surface area contributed by atoms with Crippen LogP contribution in [0.25, 0.3) is 0 Å². The number of fused-ring (bicyclic) bond motifs is 1. The van der Waals surface area contributed by atoms with E-state index >= 15 is 0 Å². The Labute approximate surface area is 172 Å². The summed E-state index contributed by atoms with van der Waals surface area (Å²) in [6, 6.07) is 9.71. The summed E-state index contributed by atoms with van der Waals surface area (Å²) in [4.78, 5) is 2.44. The van der Waals surface area contributed by atoms with Crippen molar-refractivity contribution in [3.63, 3.8) is 0 Å². The van der Waals surface area contributed by atoms with Gasteiger partial charge in [0.1, 0.15) is 6.61 Å². The Balaban J connectivity index is 1.66. The van der Waals surface area contributed by atoms with Gasteiger partial charge in [0.2, 0.25) is 0 Å². The van der Waals surface area contributed by atoms with Crippen LogP contribution in [-0.4, -0.2) is 48.1 Å². The van der Waals surface area contributed by atoms with Gasteiger partial charge in [-0.3, -0.25) is 4.90 Å². The van der Waals surface area contributed by atoms with E-state index in [4.69, 9.17) is 19.3 Å². The third-order valence-corrected chi connectivity index (χ3v) is 5.68. The van der Waals surface area contributed by atoms with Crippen LogP contribution in [-0.2, 0) is 19.5 Å². The van der Waals surface area contributed by atoms with Crippen molar-refractivity contribution in [2.24, 2.45) is 0 Å². The molecule has 2 aromatic carbocycles. The first kappa shape index (κ1) is 21.3. The number of aryl methyl sites for hydroxylation is 1. The quantitative estimate of drug-likeness (QED) is 0.670. The van der Waals surface area contributed by atoms with E-state index in [9.17, 15) is 5.11 Å². The lowest BCUT2D eigenvalue weighted by Gasteiger charge is -2.35. The van der Waals surface area contributed by atoms with E-state index in [1.165, 1.54) is 11.1 Å². The Hall–Kier alpha value is -2.44. The number of ether oxygens (including phenoxy) is 3. The highest BCUT2D eigenvalue weighted by Gasteiger charge is 2.32. The minimum Gasteiger partial charge on any atom is -0.504 e. The van der Waals surface area contributed by atoms with Gasteiger partial charge in [-0.2, -0.15) is 0 Å². The topological polar surface area (TPSA) is 71.4 Å². The zero-order valence-electron chi connectivity index (χ0n) is 17.7. The van der Waals surface area contributed by atoms with Crippen LogP contribution >= 0.6 is 0 Å². The molecule has 0 radical (unpaired) electrons. The maximum Gasteiger partial charge on any atom is 0.161 e. The predicted molar refractivity (Wildman–Crippen MR) is 112 cm³/mol. The number of rotatable bonds is 9. The maximum absolute atomic E-state index is 10.1. The van der Waals surface area contributed by atoms with Crippen molar-refractivity contribution < 1.29 is 24.4 Å². The molecule has 0 fully saturated rings. The van der Waals surface area contributed by atoms with Gasteiger partial charge < -0.3 is 24.4 Å². The number of benzene rings is 2. The van der Waals surface area contributed by atoms with E-state index in [2.05, 4.69) is 18.7 Å². The van der Waals surface area contributed by atoms with Crippen molar-refractivity contribution >= 4 is 0 Å². The zero-order chi connectivity index (χ0) is 21.0.